The Kier molecular flexibility index (Phi) is 6.27. The average molecular weight is 702 g/mol. The molecule has 5 heteroatoms. The topological polar surface area (TPSA) is 40.6 Å². The van der Waals surface area contributed by atoms with Crippen LogP contribution in [0.1, 0.15) is 0 Å². The lowest BCUT2D eigenvalue weighted by molar-refractivity contribution is 1.01. The van der Waals surface area contributed by atoms with Gasteiger partial charge in [-0.3, -0.25) is 4.57 Å². The molecule has 0 aliphatic carbocycles. The minimum absolute atomic E-state index is 0.651. The summed E-state index contributed by atoms with van der Waals surface area (Å²) >= 11 is 0. The number of rotatable bonds is 4. The fourth-order valence-electron chi connectivity index (χ4n) is 8.95. The van der Waals surface area contributed by atoms with Crippen LogP contribution in [0.3, 0.4) is 0 Å². The minimum atomic E-state index is 0.651. The van der Waals surface area contributed by atoms with Gasteiger partial charge in [-0.05, 0) is 60.7 Å². The van der Waals surface area contributed by atoms with Gasteiger partial charge in [0.2, 0.25) is 5.95 Å². The molecule has 0 bridgehead atoms. The van der Waals surface area contributed by atoms with Crippen LogP contribution in [0.15, 0.2) is 188 Å². The Hall–Kier alpha value is -7.50. The third-order valence-electron chi connectivity index (χ3n) is 11.2. The van der Waals surface area contributed by atoms with E-state index in [4.69, 9.17) is 9.97 Å². The van der Waals surface area contributed by atoms with Crippen LogP contribution in [0.25, 0.3) is 105 Å². The van der Waals surface area contributed by atoms with E-state index in [1.807, 2.05) is 12.1 Å². The van der Waals surface area contributed by atoms with Crippen LogP contribution >= 0.6 is 0 Å². The monoisotopic (exact) mass is 701 g/mol. The van der Waals surface area contributed by atoms with Crippen LogP contribution < -0.4 is 0 Å². The van der Waals surface area contributed by atoms with Crippen molar-refractivity contribution in [3.8, 4) is 28.6 Å². The number of nitrogens with zero attached hydrogens (tertiary/aromatic N) is 5. The van der Waals surface area contributed by atoms with Crippen molar-refractivity contribution >= 4 is 76.3 Å². The third kappa shape index (κ3) is 4.29. The predicted molar refractivity (Wildman–Crippen MR) is 228 cm³/mol. The largest absolute Gasteiger partial charge is 0.309 e. The van der Waals surface area contributed by atoms with Crippen molar-refractivity contribution in [1.29, 1.82) is 0 Å². The zero-order valence-electron chi connectivity index (χ0n) is 29.6. The minimum Gasteiger partial charge on any atom is -0.309 e. The summed E-state index contributed by atoms with van der Waals surface area (Å²) < 4.78 is 7.07. The maximum absolute atomic E-state index is 5.34. The second kappa shape index (κ2) is 11.5. The summed E-state index contributed by atoms with van der Waals surface area (Å²) in [5, 5.41) is 8.35. The lowest BCUT2D eigenvalue weighted by Crippen LogP contribution is -2.04. The lowest BCUT2D eigenvalue weighted by atomic mass is 10.1. The normalized spacial score (nSPS) is 12.0. The van der Waals surface area contributed by atoms with Crippen molar-refractivity contribution in [3.05, 3.63) is 188 Å². The van der Waals surface area contributed by atoms with Crippen molar-refractivity contribution < 1.29 is 0 Å². The summed E-state index contributed by atoms with van der Waals surface area (Å²) in [5.41, 5.74) is 12.0. The number of benzene rings is 8. The van der Waals surface area contributed by atoms with Crippen molar-refractivity contribution in [2.75, 3.05) is 0 Å². The summed E-state index contributed by atoms with van der Waals surface area (Å²) in [6, 6.07) is 67.1. The Morgan fingerprint density at radius 3 is 1.49 bits per heavy atom. The first kappa shape index (κ1) is 30.0. The van der Waals surface area contributed by atoms with Gasteiger partial charge in [0.15, 0.2) is 0 Å². The predicted octanol–water partition coefficient (Wildman–Crippen LogP) is 12.6. The van der Waals surface area contributed by atoms with E-state index in [-0.39, 0.29) is 0 Å². The number of fused-ring (bicyclic) bond motifs is 11. The Morgan fingerprint density at radius 2 is 0.818 bits per heavy atom. The summed E-state index contributed by atoms with van der Waals surface area (Å²) in [7, 11) is 0. The fourth-order valence-corrected chi connectivity index (χ4v) is 8.95. The molecule has 0 saturated carbocycles. The molecule has 0 radical (unpaired) electrons. The highest BCUT2D eigenvalue weighted by Crippen LogP contribution is 2.43. The van der Waals surface area contributed by atoms with Crippen molar-refractivity contribution in [3.63, 3.8) is 0 Å². The molecule has 0 spiro atoms. The molecule has 0 aliphatic heterocycles. The zero-order valence-corrected chi connectivity index (χ0v) is 29.6. The molecule has 4 heterocycles. The smallest absolute Gasteiger partial charge is 0.235 e. The number of aromatic nitrogens is 5. The molecule has 0 aliphatic rings. The van der Waals surface area contributed by atoms with E-state index in [1.165, 1.54) is 43.5 Å². The molecule has 12 aromatic rings. The molecule has 0 amide bonds. The van der Waals surface area contributed by atoms with E-state index in [2.05, 4.69) is 190 Å². The van der Waals surface area contributed by atoms with Crippen LogP contribution in [-0.2, 0) is 0 Å². The highest BCUT2D eigenvalue weighted by atomic mass is 15.2. The summed E-state index contributed by atoms with van der Waals surface area (Å²) in [5.74, 6) is 0.651. The van der Waals surface area contributed by atoms with Gasteiger partial charge in [-0.2, -0.15) is 0 Å². The molecule has 0 atom stereocenters. The average Bonchev–Trinajstić information content (AvgIpc) is 3.89. The molecule has 0 N–H and O–H groups in total. The van der Waals surface area contributed by atoms with Crippen LogP contribution in [0.2, 0.25) is 0 Å². The molecule has 12 rings (SSSR count). The molecular formula is C50H31N5. The number of hydrogen-bond acceptors (Lipinski definition) is 2. The van der Waals surface area contributed by atoms with Crippen LogP contribution in [0, 0.1) is 0 Å². The molecule has 0 saturated heterocycles. The molecule has 256 valence electrons. The molecule has 0 fully saturated rings. The van der Waals surface area contributed by atoms with Crippen LogP contribution in [0.5, 0.6) is 0 Å². The second-order valence-corrected chi connectivity index (χ2v) is 14.2. The summed E-state index contributed by atoms with van der Waals surface area (Å²) in [6.07, 6.45) is 0. The van der Waals surface area contributed by atoms with Gasteiger partial charge in [0.05, 0.1) is 44.3 Å². The second-order valence-electron chi connectivity index (χ2n) is 14.2. The van der Waals surface area contributed by atoms with Gasteiger partial charge in [-0.1, -0.05) is 127 Å². The zero-order chi connectivity index (χ0) is 36.0. The summed E-state index contributed by atoms with van der Waals surface area (Å²) in [6.45, 7) is 0. The van der Waals surface area contributed by atoms with Crippen LogP contribution in [0.4, 0.5) is 0 Å². The van der Waals surface area contributed by atoms with Gasteiger partial charge < -0.3 is 9.13 Å². The van der Waals surface area contributed by atoms with E-state index in [0.29, 0.717) is 5.95 Å². The maximum Gasteiger partial charge on any atom is 0.235 e. The third-order valence-corrected chi connectivity index (χ3v) is 11.2. The maximum atomic E-state index is 5.34. The molecular weight excluding hydrogens is 671 g/mol. The van der Waals surface area contributed by atoms with Gasteiger partial charge in [0, 0.05) is 54.6 Å². The summed E-state index contributed by atoms with van der Waals surface area (Å²) in [4.78, 5) is 10.6. The van der Waals surface area contributed by atoms with Gasteiger partial charge in [0.1, 0.15) is 0 Å². The van der Waals surface area contributed by atoms with E-state index in [1.54, 1.807) is 0 Å². The first-order valence-electron chi connectivity index (χ1n) is 18.7. The first-order chi connectivity index (χ1) is 27.3. The Morgan fingerprint density at radius 1 is 0.309 bits per heavy atom. The SMILES string of the molecule is c1ccc(-c2nc(-n3c4ccccc4c4ccc(-n5c6ccccc6c6c7c8ccccc8n(-c8ccccc8)c7ccc65)cc43)nc3ccccc23)cc1. The van der Waals surface area contributed by atoms with Crippen LogP contribution in [-0.4, -0.2) is 23.7 Å². The molecule has 5 nitrogen and oxygen atoms in total. The number of hydrogen-bond donors (Lipinski definition) is 0. The quantitative estimate of drug-likeness (QED) is 0.183. The van der Waals surface area contributed by atoms with E-state index in [0.717, 1.165) is 55.5 Å². The van der Waals surface area contributed by atoms with Crippen molar-refractivity contribution in [2.24, 2.45) is 0 Å². The Labute approximate surface area is 315 Å². The number of para-hydroxylation sites is 5. The standard InChI is InChI=1S/C50H31N5/c1-3-15-32(16-4-1)49-37-20-7-11-23-40(37)51-50(52-49)55-41-24-12-8-19-35(41)36-28-27-34(31-46(36)55)54-43-26-14-10-22-39(43)48-45(54)30-29-44-47(48)38-21-9-13-25-42(38)53(44)33-17-5-2-6-18-33/h1-31H. The van der Waals surface area contributed by atoms with E-state index < -0.39 is 0 Å². The van der Waals surface area contributed by atoms with E-state index >= 15 is 0 Å². The van der Waals surface area contributed by atoms with Gasteiger partial charge in [0.25, 0.3) is 0 Å². The van der Waals surface area contributed by atoms with Gasteiger partial charge in [-0.15, -0.1) is 0 Å². The fraction of sp³-hybridized carbons (Fsp3) is 0. The highest BCUT2D eigenvalue weighted by Gasteiger charge is 2.22. The lowest BCUT2D eigenvalue weighted by Gasteiger charge is -2.13. The van der Waals surface area contributed by atoms with Crippen molar-refractivity contribution in [2.45, 2.75) is 0 Å². The first-order valence-corrected chi connectivity index (χ1v) is 18.7. The molecule has 4 aromatic heterocycles. The van der Waals surface area contributed by atoms with Gasteiger partial charge >= 0.3 is 0 Å². The van der Waals surface area contributed by atoms with Crippen molar-refractivity contribution in [1.82, 2.24) is 23.7 Å². The molecule has 8 aromatic carbocycles. The Balaban J connectivity index is 1.17. The highest BCUT2D eigenvalue weighted by molar-refractivity contribution is 6.29. The Bertz CT molecular complexity index is 3480. The molecule has 55 heavy (non-hydrogen) atoms. The van der Waals surface area contributed by atoms with E-state index in [9.17, 15) is 0 Å². The molecule has 0 unspecified atom stereocenters. The van der Waals surface area contributed by atoms with Gasteiger partial charge in [-0.25, -0.2) is 9.97 Å².